The Morgan fingerprint density at radius 3 is 2.80 bits per heavy atom. The quantitative estimate of drug-likeness (QED) is 0.282. The van der Waals surface area contributed by atoms with Gasteiger partial charge in [-0.25, -0.2) is 4.57 Å². The van der Waals surface area contributed by atoms with Gasteiger partial charge in [0, 0.05) is 6.21 Å². The van der Waals surface area contributed by atoms with E-state index in [-0.39, 0.29) is 25.5 Å². The number of ether oxygens (including phenoxy) is 1. The molecule has 0 saturated carbocycles. The molecule has 0 aliphatic rings. The monoisotopic (exact) mass is 234 g/mol. The minimum atomic E-state index is -4.42. The van der Waals surface area contributed by atoms with Crippen LogP contribution in [-0.4, -0.2) is 35.9 Å². The van der Waals surface area contributed by atoms with Gasteiger partial charge in [0.1, 0.15) is 12.8 Å². The molecule has 2 N–H and O–H groups in total. The van der Waals surface area contributed by atoms with Crippen LogP contribution in [0.15, 0.2) is 17.1 Å². The lowest BCUT2D eigenvalue weighted by Gasteiger charge is -2.04. The number of nitrogens with zero attached hydrogens (tertiary/aromatic N) is 2. The highest BCUT2D eigenvalue weighted by atomic mass is 31.2. The molecule has 0 radical (unpaired) electrons. The average Bonchev–Trinajstić information content (AvgIpc) is 2.14. The lowest BCUT2D eigenvalue weighted by Crippen LogP contribution is -2.03. The predicted molar refractivity (Wildman–Crippen MR) is 52.1 cm³/mol. The molecule has 0 heterocycles. The van der Waals surface area contributed by atoms with Crippen LogP contribution in [0.4, 0.5) is 0 Å². The van der Waals surface area contributed by atoms with Crippen LogP contribution >= 0.6 is 7.82 Å². The van der Waals surface area contributed by atoms with Gasteiger partial charge in [0.15, 0.2) is 0 Å². The van der Waals surface area contributed by atoms with E-state index in [1.807, 2.05) is 0 Å². The van der Waals surface area contributed by atoms with E-state index in [0.29, 0.717) is 0 Å². The number of aliphatic imine (C=N–C) groups is 1. The first kappa shape index (κ1) is 14.0. The van der Waals surface area contributed by atoms with Crippen molar-refractivity contribution in [1.29, 1.82) is 5.26 Å². The van der Waals surface area contributed by atoms with Crippen molar-refractivity contribution in [2.75, 3.05) is 19.9 Å². The van der Waals surface area contributed by atoms with Gasteiger partial charge in [0.2, 0.25) is 0 Å². The fourth-order valence-corrected chi connectivity index (χ4v) is 0.821. The van der Waals surface area contributed by atoms with Crippen LogP contribution in [0.5, 0.6) is 0 Å². The van der Waals surface area contributed by atoms with Crippen LogP contribution in [0.3, 0.4) is 0 Å². The number of rotatable bonds is 7. The molecule has 0 spiro atoms. The first-order valence-electron chi connectivity index (χ1n) is 3.82. The number of phosphoric acid groups is 1. The maximum atomic E-state index is 10.2. The Labute approximate surface area is 86.9 Å². The maximum Gasteiger partial charge on any atom is 0.469 e. The summed E-state index contributed by atoms with van der Waals surface area (Å²) in [7, 11) is -4.42. The van der Waals surface area contributed by atoms with E-state index in [4.69, 9.17) is 19.8 Å². The maximum absolute atomic E-state index is 10.2. The van der Waals surface area contributed by atoms with Crippen LogP contribution in [0.1, 0.15) is 0 Å². The standard InChI is InChI=1S/C7H11N2O5P/c1-7(4-8)5-9-6-13-2-3-14-15(10,11)12/h5H,1-3,6H2,(H2,10,11,12). The van der Waals surface area contributed by atoms with Crippen molar-refractivity contribution in [3.63, 3.8) is 0 Å². The minimum absolute atomic E-state index is 0.00147. The zero-order chi connectivity index (χ0) is 11.7. The third-order valence-electron chi connectivity index (χ3n) is 1.04. The molecule has 0 aromatic heterocycles. The van der Waals surface area contributed by atoms with Crippen molar-refractivity contribution in [2.45, 2.75) is 0 Å². The third-order valence-corrected chi connectivity index (χ3v) is 1.56. The number of hydrogen-bond donors (Lipinski definition) is 2. The number of hydrogen-bond acceptors (Lipinski definition) is 5. The summed E-state index contributed by atoms with van der Waals surface area (Å²) in [6.45, 7) is 3.10. The molecule has 0 aliphatic carbocycles. The molecule has 0 rings (SSSR count). The Hall–Kier alpha value is -1.03. The average molecular weight is 234 g/mol. The van der Waals surface area contributed by atoms with Crippen molar-refractivity contribution in [2.24, 2.45) is 4.99 Å². The van der Waals surface area contributed by atoms with E-state index >= 15 is 0 Å². The van der Waals surface area contributed by atoms with E-state index < -0.39 is 7.82 Å². The number of allylic oxidation sites excluding steroid dienone is 1. The van der Waals surface area contributed by atoms with Crippen LogP contribution < -0.4 is 0 Å². The minimum Gasteiger partial charge on any atom is -0.357 e. The van der Waals surface area contributed by atoms with Gasteiger partial charge in [-0.2, -0.15) is 5.26 Å². The Morgan fingerprint density at radius 2 is 2.27 bits per heavy atom. The van der Waals surface area contributed by atoms with Crippen LogP contribution in [0.25, 0.3) is 0 Å². The Morgan fingerprint density at radius 1 is 1.60 bits per heavy atom. The lowest BCUT2D eigenvalue weighted by atomic mass is 10.4. The van der Waals surface area contributed by atoms with Crippen molar-refractivity contribution in [3.05, 3.63) is 12.2 Å². The molecule has 0 bridgehead atoms. The largest absolute Gasteiger partial charge is 0.469 e. The Kier molecular flexibility index (Phi) is 6.79. The second-order valence-electron chi connectivity index (χ2n) is 2.31. The van der Waals surface area contributed by atoms with E-state index in [2.05, 4.69) is 16.1 Å². The second kappa shape index (κ2) is 7.29. The fraction of sp³-hybridized carbons (Fsp3) is 0.429. The highest BCUT2D eigenvalue weighted by Gasteiger charge is 2.12. The van der Waals surface area contributed by atoms with E-state index in [1.54, 1.807) is 6.07 Å². The number of phosphoric ester groups is 1. The summed E-state index contributed by atoms with van der Waals surface area (Å²) in [6, 6.07) is 1.76. The van der Waals surface area contributed by atoms with Crippen molar-refractivity contribution in [1.82, 2.24) is 0 Å². The molecule has 0 aromatic rings. The van der Waals surface area contributed by atoms with Gasteiger partial charge in [0.25, 0.3) is 0 Å². The molecular weight excluding hydrogens is 223 g/mol. The Bertz CT molecular complexity index is 316. The summed E-state index contributed by atoms with van der Waals surface area (Å²) in [5, 5.41) is 8.28. The van der Waals surface area contributed by atoms with Gasteiger partial charge in [0.05, 0.1) is 18.8 Å². The summed E-state index contributed by atoms with van der Waals surface area (Å²) in [6.07, 6.45) is 1.24. The second-order valence-corrected chi connectivity index (χ2v) is 3.55. The van der Waals surface area contributed by atoms with Crippen LogP contribution in [-0.2, 0) is 13.8 Å². The van der Waals surface area contributed by atoms with Gasteiger partial charge in [-0.3, -0.25) is 9.52 Å². The molecule has 0 aliphatic heterocycles. The zero-order valence-corrected chi connectivity index (χ0v) is 8.76. The first-order valence-corrected chi connectivity index (χ1v) is 5.35. The topological polar surface area (TPSA) is 112 Å². The van der Waals surface area contributed by atoms with Gasteiger partial charge < -0.3 is 14.5 Å². The van der Waals surface area contributed by atoms with E-state index in [9.17, 15) is 4.57 Å². The van der Waals surface area contributed by atoms with Gasteiger partial charge in [-0.05, 0) is 0 Å². The highest BCUT2D eigenvalue weighted by molar-refractivity contribution is 7.46. The number of nitriles is 1. The van der Waals surface area contributed by atoms with Gasteiger partial charge in [-0.15, -0.1) is 0 Å². The molecule has 7 nitrogen and oxygen atoms in total. The van der Waals surface area contributed by atoms with Crippen molar-refractivity contribution < 1.29 is 23.6 Å². The molecule has 0 aromatic carbocycles. The third kappa shape index (κ3) is 10.9. The molecule has 0 amide bonds. The molecule has 0 fully saturated rings. The summed E-state index contributed by atoms with van der Waals surface area (Å²) in [4.78, 5) is 20.2. The van der Waals surface area contributed by atoms with Gasteiger partial charge in [-0.1, -0.05) is 6.58 Å². The first-order chi connectivity index (χ1) is 6.95. The predicted octanol–water partition coefficient (Wildman–Crippen LogP) is 0.220. The Balaban J connectivity index is 3.42. The molecule has 0 atom stereocenters. The molecule has 0 unspecified atom stereocenters. The molecule has 0 saturated heterocycles. The van der Waals surface area contributed by atoms with E-state index in [1.165, 1.54) is 6.21 Å². The van der Waals surface area contributed by atoms with Crippen molar-refractivity contribution in [3.8, 4) is 6.07 Å². The van der Waals surface area contributed by atoms with Crippen molar-refractivity contribution >= 4 is 14.0 Å². The molecule has 8 heteroatoms. The fourth-order valence-electron chi connectivity index (χ4n) is 0.509. The lowest BCUT2D eigenvalue weighted by molar-refractivity contribution is 0.0904. The molecule has 84 valence electrons. The smallest absolute Gasteiger partial charge is 0.357 e. The molecular formula is C7H11N2O5P. The van der Waals surface area contributed by atoms with Gasteiger partial charge >= 0.3 is 7.82 Å². The van der Waals surface area contributed by atoms with E-state index in [0.717, 1.165) is 0 Å². The normalized spacial score (nSPS) is 11.5. The van der Waals surface area contributed by atoms with Crippen LogP contribution in [0, 0.1) is 11.3 Å². The SMILES string of the molecule is C=C(C#N)C=NCOCCOP(=O)(O)O. The summed E-state index contributed by atoms with van der Waals surface area (Å²) in [5.74, 6) is 0. The molecule has 15 heavy (non-hydrogen) atoms. The summed E-state index contributed by atoms with van der Waals surface area (Å²) < 4.78 is 19.1. The van der Waals surface area contributed by atoms with Crippen LogP contribution in [0.2, 0.25) is 0 Å². The zero-order valence-electron chi connectivity index (χ0n) is 7.87. The summed E-state index contributed by atoms with van der Waals surface area (Å²) >= 11 is 0. The highest BCUT2D eigenvalue weighted by Crippen LogP contribution is 2.35. The summed E-state index contributed by atoms with van der Waals surface area (Å²) in [5.41, 5.74) is 0.199.